The fourth-order valence-electron chi connectivity index (χ4n) is 1.74. The van der Waals surface area contributed by atoms with Crippen LogP contribution in [0.25, 0.3) is 0 Å². The van der Waals surface area contributed by atoms with E-state index in [1.807, 2.05) is 13.0 Å². The van der Waals surface area contributed by atoms with Crippen LogP contribution in [-0.4, -0.2) is 24.1 Å². The molecule has 1 aliphatic carbocycles. The average Bonchev–Trinajstić information content (AvgIpc) is 2.49. The number of carbonyl (C=O) groups excluding carboxylic acids is 2. The number of hydrogen-bond acceptors (Lipinski definition) is 4. The quantitative estimate of drug-likeness (QED) is 0.742. The third kappa shape index (κ3) is 4.68. The molecule has 0 amide bonds. The van der Waals surface area contributed by atoms with E-state index in [9.17, 15) is 9.59 Å². The molecule has 0 saturated carbocycles. The highest BCUT2D eigenvalue weighted by Gasteiger charge is 2.25. The van der Waals surface area contributed by atoms with Gasteiger partial charge in [0.1, 0.15) is 0 Å². The molecule has 0 fully saturated rings. The standard InChI is InChI=1S/C16H22O4/c1-10(2)19-15(17)13-8-6-7-12(5)9-14(13)16(18)20-11(3)4/h6-12H,1-5H3. The van der Waals surface area contributed by atoms with Crippen molar-refractivity contribution in [2.24, 2.45) is 5.92 Å². The number of hydrogen-bond donors (Lipinski definition) is 0. The van der Waals surface area contributed by atoms with Gasteiger partial charge in [0, 0.05) is 0 Å². The van der Waals surface area contributed by atoms with Gasteiger partial charge >= 0.3 is 11.9 Å². The van der Waals surface area contributed by atoms with Crippen molar-refractivity contribution in [3.63, 3.8) is 0 Å². The van der Waals surface area contributed by atoms with Gasteiger partial charge in [0.2, 0.25) is 0 Å². The zero-order chi connectivity index (χ0) is 15.3. The second-order valence-electron chi connectivity index (χ2n) is 5.31. The highest BCUT2D eigenvalue weighted by Crippen LogP contribution is 2.21. The van der Waals surface area contributed by atoms with Crippen molar-refractivity contribution >= 4 is 11.9 Å². The van der Waals surface area contributed by atoms with Crippen LogP contribution in [0.15, 0.2) is 35.5 Å². The summed E-state index contributed by atoms with van der Waals surface area (Å²) in [6, 6.07) is 0. The van der Waals surface area contributed by atoms with Gasteiger partial charge in [0.05, 0.1) is 23.4 Å². The Hall–Kier alpha value is -1.84. The minimum atomic E-state index is -0.509. The summed E-state index contributed by atoms with van der Waals surface area (Å²) in [7, 11) is 0. The van der Waals surface area contributed by atoms with E-state index < -0.39 is 11.9 Å². The maximum absolute atomic E-state index is 12.1. The van der Waals surface area contributed by atoms with Crippen LogP contribution in [0.3, 0.4) is 0 Å². The molecule has 0 aromatic rings. The Morgan fingerprint density at radius 3 is 2.00 bits per heavy atom. The molecule has 0 aliphatic heterocycles. The van der Waals surface area contributed by atoms with Crippen LogP contribution in [0.1, 0.15) is 34.6 Å². The van der Waals surface area contributed by atoms with Crippen molar-refractivity contribution in [3.05, 3.63) is 35.5 Å². The molecular weight excluding hydrogens is 256 g/mol. The minimum absolute atomic E-state index is 0.0466. The molecule has 0 radical (unpaired) electrons. The fourth-order valence-corrected chi connectivity index (χ4v) is 1.74. The summed E-state index contributed by atoms with van der Waals surface area (Å²) in [6.07, 6.45) is 6.50. The van der Waals surface area contributed by atoms with Crippen LogP contribution in [-0.2, 0) is 19.1 Å². The summed E-state index contributed by atoms with van der Waals surface area (Å²) in [6.45, 7) is 9.01. The lowest BCUT2D eigenvalue weighted by atomic mass is 10.0. The maximum atomic E-state index is 12.1. The van der Waals surface area contributed by atoms with Crippen molar-refractivity contribution in [2.45, 2.75) is 46.8 Å². The molecule has 0 aromatic carbocycles. The van der Waals surface area contributed by atoms with Gasteiger partial charge in [-0.05, 0) is 39.7 Å². The third-order valence-electron chi connectivity index (χ3n) is 2.52. The largest absolute Gasteiger partial charge is 0.459 e. The smallest absolute Gasteiger partial charge is 0.339 e. The molecule has 4 nitrogen and oxygen atoms in total. The van der Waals surface area contributed by atoms with E-state index in [1.165, 1.54) is 0 Å². The molecule has 0 saturated heterocycles. The molecule has 0 heterocycles. The van der Waals surface area contributed by atoms with Gasteiger partial charge in [-0.2, -0.15) is 0 Å². The van der Waals surface area contributed by atoms with Crippen LogP contribution >= 0.6 is 0 Å². The minimum Gasteiger partial charge on any atom is -0.459 e. The molecular formula is C16H22O4. The fraction of sp³-hybridized carbons (Fsp3) is 0.500. The molecule has 0 spiro atoms. The second-order valence-corrected chi connectivity index (χ2v) is 5.31. The van der Waals surface area contributed by atoms with Gasteiger partial charge in [-0.1, -0.05) is 25.2 Å². The normalized spacial score (nSPS) is 18.4. The predicted molar refractivity (Wildman–Crippen MR) is 76.9 cm³/mol. The molecule has 1 rings (SSSR count). The summed E-state index contributed by atoms with van der Waals surface area (Å²) in [5, 5.41) is 0. The van der Waals surface area contributed by atoms with Crippen molar-refractivity contribution < 1.29 is 19.1 Å². The molecule has 0 aromatic heterocycles. The van der Waals surface area contributed by atoms with Crippen LogP contribution in [0.5, 0.6) is 0 Å². The van der Waals surface area contributed by atoms with E-state index in [2.05, 4.69) is 0 Å². The SMILES string of the molecule is CC1C=CC=C(C(=O)OC(C)C)C(C(=O)OC(C)C)=C1. The Morgan fingerprint density at radius 1 is 1.00 bits per heavy atom. The zero-order valence-corrected chi connectivity index (χ0v) is 12.7. The Kier molecular flexibility index (Phi) is 5.74. The van der Waals surface area contributed by atoms with Gasteiger partial charge in [0.15, 0.2) is 0 Å². The molecule has 20 heavy (non-hydrogen) atoms. The monoisotopic (exact) mass is 278 g/mol. The average molecular weight is 278 g/mol. The topological polar surface area (TPSA) is 52.6 Å². The molecule has 0 N–H and O–H groups in total. The summed E-state index contributed by atoms with van der Waals surface area (Å²) in [5.41, 5.74) is 0.506. The van der Waals surface area contributed by atoms with Crippen LogP contribution in [0, 0.1) is 5.92 Å². The molecule has 1 aliphatic rings. The molecule has 110 valence electrons. The summed E-state index contributed by atoms with van der Waals surface area (Å²) in [5.74, 6) is -0.960. The lowest BCUT2D eigenvalue weighted by Gasteiger charge is -2.15. The molecule has 1 unspecified atom stereocenters. The van der Waals surface area contributed by atoms with Crippen LogP contribution in [0.4, 0.5) is 0 Å². The van der Waals surface area contributed by atoms with Gasteiger partial charge in [-0.25, -0.2) is 9.59 Å². The third-order valence-corrected chi connectivity index (χ3v) is 2.52. The van der Waals surface area contributed by atoms with Crippen molar-refractivity contribution in [3.8, 4) is 0 Å². The zero-order valence-electron chi connectivity index (χ0n) is 12.7. The van der Waals surface area contributed by atoms with E-state index in [0.717, 1.165) is 0 Å². The van der Waals surface area contributed by atoms with Crippen LogP contribution in [0.2, 0.25) is 0 Å². The first-order valence-electron chi connectivity index (χ1n) is 6.84. The summed E-state index contributed by atoms with van der Waals surface area (Å²) >= 11 is 0. The summed E-state index contributed by atoms with van der Waals surface area (Å²) < 4.78 is 10.4. The molecule has 0 bridgehead atoms. The van der Waals surface area contributed by atoms with Gasteiger partial charge in [-0.15, -0.1) is 0 Å². The lowest BCUT2D eigenvalue weighted by Crippen LogP contribution is -2.21. The van der Waals surface area contributed by atoms with Crippen molar-refractivity contribution in [1.29, 1.82) is 0 Å². The second kappa shape index (κ2) is 7.08. The van der Waals surface area contributed by atoms with E-state index >= 15 is 0 Å². The number of allylic oxidation sites excluding steroid dienone is 4. The van der Waals surface area contributed by atoms with Gasteiger partial charge in [-0.3, -0.25) is 0 Å². The first kappa shape index (κ1) is 16.2. The molecule has 1 atom stereocenters. The Bertz CT molecular complexity index is 467. The van der Waals surface area contributed by atoms with E-state index in [-0.39, 0.29) is 29.3 Å². The van der Waals surface area contributed by atoms with E-state index in [1.54, 1.807) is 45.9 Å². The highest BCUT2D eigenvalue weighted by atomic mass is 16.5. The van der Waals surface area contributed by atoms with Gasteiger partial charge in [0.25, 0.3) is 0 Å². The Morgan fingerprint density at radius 2 is 1.50 bits per heavy atom. The Labute approximate surface area is 120 Å². The lowest BCUT2D eigenvalue weighted by molar-refractivity contribution is -0.146. The first-order chi connectivity index (χ1) is 9.31. The van der Waals surface area contributed by atoms with Crippen molar-refractivity contribution in [2.75, 3.05) is 0 Å². The number of carbonyl (C=O) groups is 2. The maximum Gasteiger partial charge on any atom is 0.339 e. The highest BCUT2D eigenvalue weighted by molar-refractivity contribution is 6.07. The van der Waals surface area contributed by atoms with Crippen molar-refractivity contribution in [1.82, 2.24) is 0 Å². The number of rotatable bonds is 4. The first-order valence-corrected chi connectivity index (χ1v) is 6.84. The van der Waals surface area contributed by atoms with E-state index in [0.29, 0.717) is 0 Å². The van der Waals surface area contributed by atoms with Gasteiger partial charge < -0.3 is 9.47 Å². The number of ether oxygens (including phenoxy) is 2. The summed E-state index contributed by atoms with van der Waals surface area (Å²) in [4.78, 5) is 24.2. The van der Waals surface area contributed by atoms with Crippen LogP contribution < -0.4 is 0 Å². The van der Waals surface area contributed by atoms with E-state index in [4.69, 9.17) is 9.47 Å². The predicted octanol–water partition coefficient (Wildman–Crippen LogP) is 2.95. The number of esters is 2. The molecule has 4 heteroatoms. The Balaban J connectivity index is 3.06.